The molecule has 1 atom stereocenters. The summed E-state index contributed by atoms with van der Waals surface area (Å²) >= 11 is 6.58. The molecule has 3 nitrogen and oxygen atoms in total. The second-order valence-electron chi connectivity index (χ2n) is 3.73. The summed E-state index contributed by atoms with van der Waals surface area (Å²) in [5, 5.41) is 2.89. The SMILES string of the molecule is CSC1(CNC(=O)C(C)C(N)=S)CC1. The van der Waals surface area contributed by atoms with Gasteiger partial charge >= 0.3 is 0 Å². The summed E-state index contributed by atoms with van der Waals surface area (Å²) in [6, 6.07) is 0. The Kier molecular flexibility index (Phi) is 3.78. The van der Waals surface area contributed by atoms with Crippen LogP contribution >= 0.6 is 24.0 Å². The zero-order valence-electron chi connectivity index (χ0n) is 8.50. The molecule has 0 bridgehead atoms. The quantitative estimate of drug-likeness (QED) is 0.692. The molecule has 0 aromatic carbocycles. The van der Waals surface area contributed by atoms with Gasteiger partial charge < -0.3 is 11.1 Å². The van der Waals surface area contributed by atoms with Crippen LogP contribution in [-0.2, 0) is 4.79 Å². The van der Waals surface area contributed by atoms with E-state index < -0.39 is 0 Å². The number of carbonyl (C=O) groups excluding carboxylic acids is 1. The van der Waals surface area contributed by atoms with E-state index in [1.54, 1.807) is 6.92 Å². The lowest BCUT2D eigenvalue weighted by Crippen LogP contribution is -2.39. The van der Waals surface area contributed by atoms with Crippen molar-refractivity contribution in [2.45, 2.75) is 24.5 Å². The van der Waals surface area contributed by atoms with Crippen LogP contribution in [0.3, 0.4) is 0 Å². The molecule has 0 radical (unpaired) electrons. The fourth-order valence-corrected chi connectivity index (χ4v) is 1.96. The lowest BCUT2D eigenvalue weighted by Gasteiger charge is -2.15. The van der Waals surface area contributed by atoms with Crippen molar-refractivity contribution < 1.29 is 4.79 Å². The van der Waals surface area contributed by atoms with Crippen LogP contribution in [0.4, 0.5) is 0 Å². The molecule has 3 N–H and O–H groups in total. The van der Waals surface area contributed by atoms with Crippen molar-refractivity contribution in [2.24, 2.45) is 11.7 Å². The zero-order chi connectivity index (χ0) is 10.8. The minimum atomic E-state index is -0.359. The average molecular weight is 232 g/mol. The first-order valence-electron chi connectivity index (χ1n) is 4.63. The normalized spacial score (nSPS) is 19.9. The van der Waals surface area contributed by atoms with Gasteiger partial charge in [-0.3, -0.25) is 4.79 Å². The Hall–Kier alpha value is -0.290. The lowest BCUT2D eigenvalue weighted by atomic mass is 10.1. The highest BCUT2D eigenvalue weighted by molar-refractivity contribution is 8.00. The van der Waals surface area contributed by atoms with Gasteiger partial charge in [0.05, 0.1) is 10.9 Å². The predicted molar refractivity (Wildman–Crippen MR) is 64.4 cm³/mol. The molecule has 0 saturated heterocycles. The average Bonchev–Trinajstić information content (AvgIpc) is 2.93. The maximum absolute atomic E-state index is 11.5. The van der Waals surface area contributed by atoms with E-state index in [9.17, 15) is 4.79 Å². The molecule has 5 heteroatoms. The number of amides is 1. The number of thiocarbonyl (C=S) groups is 1. The summed E-state index contributed by atoms with van der Waals surface area (Å²) in [5.74, 6) is -0.416. The first kappa shape index (κ1) is 11.8. The van der Waals surface area contributed by atoms with Gasteiger partial charge in [-0.1, -0.05) is 12.2 Å². The Morgan fingerprint density at radius 2 is 2.29 bits per heavy atom. The molecule has 0 aromatic rings. The van der Waals surface area contributed by atoms with Gasteiger partial charge in [0.1, 0.15) is 0 Å². The molecule has 1 saturated carbocycles. The van der Waals surface area contributed by atoms with Crippen LogP contribution in [0.2, 0.25) is 0 Å². The van der Waals surface area contributed by atoms with E-state index >= 15 is 0 Å². The summed E-state index contributed by atoms with van der Waals surface area (Å²) < 4.78 is 0.297. The third kappa shape index (κ3) is 2.85. The minimum Gasteiger partial charge on any atom is -0.393 e. The standard InChI is InChI=1S/C9H16N2OS2/c1-6(7(10)13)8(12)11-5-9(14-2)3-4-9/h6H,3-5H2,1-2H3,(H2,10,13)(H,11,12). The number of nitrogens with one attached hydrogen (secondary N) is 1. The fourth-order valence-electron chi connectivity index (χ4n) is 1.12. The third-order valence-corrected chi connectivity index (χ3v) is 4.42. The van der Waals surface area contributed by atoms with Crippen LogP contribution in [0.1, 0.15) is 19.8 Å². The van der Waals surface area contributed by atoms with Crippen LogP contribution in [0.15, 0.2) is 0 Å². The molecule has 0 aromatic heterocycles. The summed E-state index contributed by atoms with van der Waals surface area (Å²) in [7, 11) is 0. The predicted octanol–water partition coefficient (Wildman–Crippen LogP) is 0.920. The van der Waals surface area contributed by atoms with Crippen LogP contribution < -0.4 is 11.1 Å². The number of hydrogen-bond acceptors (Lipinski definition) is 3. The molecule has 1 amide bonds. The Bertz CT molecular complexity index is 251. The molecule has 80 valence electrons. The largest absolute Gasteiger partial charge is 0.393 e. The van der Waals surface area contributed by atoms with Crippen LogP contribution in [0.25, 0.3) is 0 Å². The molecular weight excluding hydrogens is 216 g/mol. The lowest BCUT2D eigenvalue weighted by molar-refractivity contribution is -0.122. The molecule has 1 aliphatic carbocycles. The monoisotopic (exact) mass is 232 g/mol. The smallest absolute Gasteiger partial charge is 0.229 e. The minimum absolute atomic E-state index is 0.0576. The summed E-state index contributed by atoms with van der Waals surface area (Å²) in [6.07, 6.45) is 4.46. The molecule has 1 aliphatic rings. The van der Waals surface area contributed by atoms with Crippen LogP contribution in [-0.4, -0.2) is 28.4 Å². The van der Waals surface area contributed by atoms with Gasteiger partial charge in [0.25, 0.3) is 0 Å². The van der Waals surface area contributed by atoms with Gasteiger partial charge in [-0.2, -0.15) is 11.8 Å². The van der Waals surface area contributed by atoms with Crippen LogP contribution in [0, 0.1) is 5.92 Å². The van der Waals surface area contributed by atoms with E-state index in [2.05, 4.69) is 11.6 Å². The molecule has 1 fully saturated rings. The summed E-state index contributed by atoms with van der Waals surface area (Å²) in [4.78, 5) is 11.7. The molecule has 0 heterocycles. The summed E-state index contributed by atoms with van der Waals surface area (Å²) in [6.45, 7) is 2.47. The molecule has 0 spiro atoms. The summed E-state index contributed by atoms with van der Waals surface area (Å²) in [5.41, 5.74) is 5.39. The number of carbonyl (C=O) groups is 1. The fraction of sp³-hybridized carbons (Fsp3) is 0.778. The first-order chi connectivity index (χ1) is 6.51. The maximum Gasteiger partial charge on any atom is 0.229 e. The molecule has 1 rings (SSSR count). The van der Waals surface area contributed by atoms with Gasteiger partial charge in [0, 0.05) is 11.3 Å². The van der Waals surface area contributed by atoms with Gasteiger partial charge in [-0.05, 0) is 26.0 Å². The Morgan fingerprint density at radius 3 is 2.64 bits per heavy atom. The van der Waals surface area contributed by atoms with Crippen molar-refractivity contribution in [3.8, 4) is 0 Å². The molecule has 0 aliphatic heterocycles. The van der Waals surface area contributed by atoms with Crippen molar-refractivity contribution in [1.82, 2.24) is 5.32 Å². The van der Waals surface area contributed by atoms with Gasteiger partial charge in [-0.25, -0.2) is 0 Å². The molecular formula is C9H16N2OS2. The van der Waals surface area contributed by atoms with Crippen LogP contribution in [0.5, 0.6) is 0 Å². The highest BCUT2D eigenvalue weighted by Gasteiger charge is 2.42. The van der Waals surface area contributed by atoms with Gasteiger partial charge in [0.15, 0.2) is 0 Å². The van der Waals surface area contributed by atoms with E-state index in [1.165, 1.54) is 12.8 Å². The highest BCUT2D eigenvalue weighted by atomic mass is 32.2. The first-order valence-corrected chi connectivity index (χ1v) is 6.26. The second kappa shape index (κ2) is 4.49. The van der Waals surface area contributed by atoms with Crippen molar-refractivity contribution in [3.63, 3.8) is 0 Å². The Morgan fingerprint density at radius 1 is 1.71 bits per heavy atom. The zero-order valence-corrected chi connectivity index (χ0v) is 10.1. The third-order valence-electron chi connectivity index (χ3n) is 2.65. The highest BCUT2D eigenvalue weighted by Crippen LogP contribution is 2.46. The molecule has 14 heavy (non-hydrogen) atoms. The maximum atomic E-state index is 11.5. The number of thioether (sulfide) groups is 1. The van der Waals surface area contributed by atoms with E-state index in [1.807, 2.05) is 11.8 Å². The second-order valence-corrected chi connectivity index (χ2v) is 5.47. The number of rotatable bonds is 5. The van der Waals surface area contributed by atoms with Crippen molar-refractivity contribution in [1.29, 1.82) is 0 Å². The van der Waals surface area contributed by atoms with E-state index in [-0.39, 0.29) is 16.8 Å². The van der Waals surface area contributed by atoms with Crippen molar-refractivity contribution >= 4 is 34.9 Å². The number of nitrogens with two attached hydrogens (primary N) is 1. The Balaban J connectivity index is 2.31. The van der Waals surface area contributed by atoms with E-state index in [4.69, 9.17) is 18.0 Å². The van der Waals surface area contributed by atoms with E-state index in [0.717, 1.165) is 6.54 Å². The Labute approximate surface area is 94.2 Å². The topological polar surface area (TPSA) is 55.1 Å². The van der Waals surface area contributed by atoms with E-state index in [0.29, 0.717) is 4.75 Å². The van der Waals surface area contributed by atoms with Crippen molar-refractivity contribution in [2.75, 3.05) is 12.8 Å². The number of hydrogen-bond donors (Lipinski definition) is 2. The van der Waals surface area contributed by atoms with Gasteiger partial charge in [0.2, 0.25) is 5.91 Å². The van der Waals surface area contributed by atoms with Crippen molar-refractivity contribution in [3.05, 3.63) is 0 Å². The van der Waals surface area contributed by atoms with Gasteiger partial charge in [-0.15, -0.1) is 0 Å². The molecule has 1 unspecified atom stereocenters.